The Morgan fingerprint density at radius 2 is 2.36 bits per heavy atom. The van der Waals surface area contributed by atoms with Crippen LogP contribution in [0.2, 0.25) is 0 Å². The van der Waals surface area contributed by atoms with Gasteiger partial charge in [0.25, 0.3) is 5.91 Å². The SMILES string of the molecule is CC1(NC(=O)c2ccncc2F)CC1. The largest absolute Gasteiger partial charge is 0.347 e. The van der Waals surface area contributed by atoms with Gasteiger partial charge < -0.3 is 5.32 Å². The highest BCUT2D eigenvalue weighted by atomic mass is 19.1. The molecule has 0 unspecified atom stereocenters. The number of carbonyl (C=O) groups excluding carboxylic acids is 1. The molecule has 2 rings (SSSR count). The van der Waals surface area contributed by atoms with Crippen LogP contribution in [0.1, 0.15) is 30.1 Å². The van der Waals surface area contributed by atoms with Gasteiger partial charge in [0.05, 0.1) is 11.8 Å². The van der Waals surface area contributed by atoms with Crippen LogP contribution in [0, 0.1) is 5.82 Å². The molecule has 1 heterocycles. The van der Waals surface area contributed by atoms with Crippen LogP contribution in [0.4, 0.5) is 4.39 Å². The van der Waals surface area contributed by atoms with E-state index in [1.54, 1.807) is 0 Å². The summed E-state index contributed by atoms with van der Waals surface area (Å²) < 4.78 is 13.1. The highest BCUT2D eigenvalue weighted by molar-refractivity contribution is 5.95. The lowest BCUT2D eigenvalue weighted by Gasteiger charge is -2.11. The zero-order valence-electron chi connectivity index (χ0n) is 7.88. The summed E-state index contributed by atoms with van der Waals surface area (Å²) in [5, 5.41) is 2.78. The Morgan fingerprint density at radius 3 is 2.93 bits per heavy atom. The van der Waals surface area contributed by atoms with Gasteiger partial charge in [-0.25, -0.2) is 4.39 Å². The molecule has 1 N–H and O–H groups in total. The number of hydrogen-bond donors (Lipinski definition) is 1. The molecule has 14 heavy (non-hydrogen) atoms. The van der Waals surface area contributed by atoms with Crippen LogP contribution in [-0.4, -0.2) is 16.4 Å². The number of aromatic nitrogens is 1. The van der Waals surface area contributed by atoms with Gasteiger partial charge in [-0.1, -0.05) is 0 Å². The number of nitrogens with zero attached hydrogens (tertiary/aromatic N) is 1. The smallest absolute Gasteiger partial charge is 0.254 e. The third-order valence-corrected chi connectivity index (χ3v) is 2.43. The van der Waals surface area contributed by atoms with Crippen molar-refractivity contribution in [2.45, 2.75) is 25.3 Å². The molecule has 4 heteroatoms. The van der Waals surface area contributed by atoms with Crippen molar-refractivity contribution in [3.8, 4) is 0 Å². The molecule has 1 amide bonds. The molecule has 0 saturated heterocycles. The highest BCUT2D eigenvalue weighted by Crippen LogP contribution is 2.34. The topological polar surface area (TPSA) is 42.0 Å². The lowest BCUT2D eigenvalue weighted by Crippen LogP contribution is -2.34. The predicted molar refractivity (Wildman–Crippen MR) is 49.3 cm³/mol. The van der Waals surface area contributed by atoms with E-state index in [2.05, 4.69) is 10.3 Å². The van der Waals surface area contributed by atoms with Gasteiger partial charge in [-0.15, -0.1) is 0 Å². The van der Waals surface area contributed by atoms with Crippen LogP contribution in [0.15, 0.2) is 18.5 Å². The molecule has 0 bridgehead atoms. The van der Waals surface area contributed by atoms with Crippen molar-refractivity contribution in [2.24, 2.45) is 0 Å². The van der Waals surface area contributed by atoms with Gasteiger partial charge in [-0.05, 0) is 25.8 Å². The first-order valence-corrected chi connectivity index (χ1v) is 4.53. The van der Waals surface area contributed by atoms with Crippen LogP contribution >= 0.6 is 0 Å². The fourth-order valence-corrected chi connectivity index (χ4v) is 1.21. The van der Waals surface area contributed by atoms with Crippen LogP contribution in [0.3, 0.4) is 0 Å². The third kappa shape index (κ3) is 1.73. The van der Waals surface area contributed by atoms with Crippen LogP contribution in [-0.2, 0) is 0 Å². The molecule has 1 saturated carbocycles. The van der Waals surface area contributed by atoms with Crippen LogP contribution in [0.5, 0.6) is 0 Å². The Bertz CT molecular complexity index is 374. The van der Waals surface area contributed by atoms with Gasteiger partial charge in [-0.3, -0.25) is 9.78 Å². The van der Waals surface area contributed by atoms with Crippen molar-refractivity contribution >= 4 is 5.91 Å². The van der Waals surface area contributed by atoms with E-state index < -0.39 is 5.82 Å². The molecule has 1 aliphatic carbocycles. The van der Waals surface area contributed by atoms with Crippen molar-refractivity contribution in [2.75, 3.05) is 0 Å². The van der Waals surface area contributed by atoms with Crippen molar-refractivity contribution < 1.29 is 9.18 Å². The lowest BCUT2D eigenvalue weighted by atomic mass is 10.2. The summed E-state index contributed by atoms with van der Waals surface area (Å²) in [6.45, 7) is 1.95. The molecule has 1 aromatic rings. The molecule has 1 aliphatic rings. The van der Waals surface area contributed by atoms with E-state index >= 15 is 0 Å². The maximum Gasteiger partial charge on any atom is 0.254 e. The second-order valence-electron chi connectivity index (χ2n) is 3.87. The van der Waals surface area contributed by atoms with E-state index in [1.165, 1.54) is 12.3 Å². The van der Waals surface area contributed by atoms with E-state index in [4.69, 9.17) is 0 Å². The van der Waals surface area contributed by atoms with Crippen molar-refractivity contribution in [1.82, 2.24) is 10.3 Å². The zero-order valence-corrected chi connectivity index (χ0v) is 7.88. The van der Waals surface area contributed by atoms with Crippen LogP contribution < -0.4 is 5.32 Å². The number of nitrogens with one attached hydrogen (secondary N) is 1. The van der Waals surface area contributed by atoms with E-state index in [-0.39, 0.29) is 17.0 Å². The number of rotatable bonds is 2. The summed E-state index contributed by atoms with van der Waals surface area (Å²) in [5.74, 6) is -0.931. The third-order valence-electron chi connectivity index (χ3n) is 2.43. The minimum absolute atomic E-state index is 0.0631. The minimum Gasteiger partial charge on any atom is -0.347 e. The standard InChI is InChI=1S/C10H11FN2O/c1-10(3-4-10)13-9(14)7-2-5-12-6-8(7)11/h2,5-6H,3-4H2,1H3,(H,13,14). The number of halogens is 1. The first kappa shape index (κ1) is 9.12. The number of carbonyl (C=O) groups is 1. The van der Waals surface area contributed by atoms with Gasteiger partial charge in [0.1, 0.15) is 0 Å². The molecule has 0 spiro atoms. The van der Waals surface area contributed by atoms with Crippen molar-refractivity contribution in [3.05, 3.63) is 29.8 Å². The second-order valence-corrected chi connectivity index (χ2v) is 3.87. The fourth-order valence-electron chi connectivity index (χ4n) is 1.21. The minimum atomic E-state index is -0.575. The first-order chi connectivity index (χ1) is 6.61. The Balaban J connectivity index is 2.15. The van der Waals surface area contributed by atoms with Gasteiger partial charge in [0.2, 0.25) is 0 Å². The Hall–Kier alpha value is -1.45. The molecule has 1 aromatic heterocycles. The quantitative estimate of drug-likeness (QED) is 0.775. The Labute approximate surface area is 81.3 Å². The van der Waals surface area contributed by atoms with Crippen molar-refractivity contribution in [1.29, 1.82) is 0 Å². The molecule has 1 fully saturated rings. The lowest BCUT2D eigenvalue weighted by molar-refractivity contribution is 0.0931. The Kier molecular flexibility index (Phi) is 1.98. The summed E-state index contributed by atoms with van der Waals surface area (Å²) in [4.78, 5) is 15.1. The normalized spacial score (nSPS) is 17.6. The summed E-state index contributed by atoms with van der Waals surface area (Å²) >= 11 is 0. The molecule has 74 valence electrons. The molecular weight excluding hydrogens is 183 g/mol. The van der Waals surface area contributed by atoms with E-state index in [1.807, 2.05) is 6.92 Å². The number of hydrogen-bond acceptors (Lipinski definition) is 2. The van der Waals surface area contributed by atoms with E-state index in [0.29, 0.717) is 0 Å². The van der Waals surface area contributed by atoms with Gasteiger partial charge in [0, 0.05) is 11.7 Å². The molecule has 0 aromatic carbocycles. The maximum absolute atomic E-state index is 13.1. The molecular formula is C10H11FN2O. The average molecular weight is 194 g/mol. The summed E-state index contributed by atoms with van der Waals surface area (Å²) in [6.07, 6.45) is 4.38. The van der Waals surface area contributed by atoms with Gasteiger partial charge in [0.15, 0.2) is 5.82 Å². The number of pyridine rings is 1. The Morgan fingerprint density at radius 1 is 1.64 bits per heavy atom. The summed E-state index contributed by atoms with van der Waals surface area (Å²) in [5.41, 5.74) is -0.0552. The summed E-state index contributed by atoms with van der Waals surface area (Å²) in [7, 11) is 0. The maximum atomic E-state index is 13.1. The molecule has 3 nitrogen and oxygen atoms in total. The molecule has 0 aliphatic heterocycles. The van der Waals surface area contributed by atoms with E-state index in [0.717, 1.165) is 19.0 Å². The van der Waals surface area contributed by atoms with Gasteiger partial charge in [-0.2, -0.15) is 0 Å². The monoisotopic (exact) mass is 194 g/mol. The van der Waals surface area contributed by atoms with Crippen molar-refractivity contribution in [3.63, 3.8) is 0 Å². The molecule has 0 atom stereocenters. The predicted octanol–water partition coefficient (Wildman–Crippen LogP) is 1.50. The van der Waals surface area contributed by atoms with E-state index in [9.17, 15) is 9.18 Å². The fraction of sp³-hybridized carbons (Fsp3) is 0.400. The number of amides is 1. The first-order valence-electron chi connectivity index (χ1n) is 4.53. The summed E-state index contributed by atoms with van der Waals surface area (Å²) in [6, 6.07) is 1.39. The van der Waals surface area contributed by atoms with Gasteiger partial charge >= 0.3 is 0 Å². The zero-order chi connectivity index (χ0) is 10.2. The average Bonchev–Trinajstić information content (AvgIpc) is 2.84. The molecule has 0 radical (unpaired) electrons. The highest BCUT2D eigenvalue weighted by Gasteiger charge is 2.39. The second kappa shape index (κ2) is 3.04. The van der Waals surface area contributed by atoms with Crippen LogP contribution in [0.25, 0.3) is 0 Å².